The van der Waals surface area contributed by atoms with E-state index in [0.29, 0.717) is 49.4 Å². The van der Waals surface area contributed by atoms with Crippen molar-refractivity contribution in [2.24, 2.45) is 0 Å². The number of piperazine rings is 1. The van der Waals surface area contributed by atoms with Crippen LogP contribution in [0.4, 0.5) is 21.7 Å². The van der Waals surface area contributed by atoms with E-state index >= 15 is 4.39 Å². The number of anilines is 3. The molecule has 0 radical (unpaired) electrons. The van der Waals surface area contributed by atoms with Crippen LogP contribution < -0.4 is 20.3 Å². The van der Waals surface area contributed by atoms with Gasteiger partial charge in [-0.1, -0.05) is 0 Å². The monoisotopic (exact) mass is 630 g/mol. The van der Waals surface area contributed by atoms with Crippen molar-refractivity contribution < 1.29 is 23.5 Å². The van der Waals surface area contributed by atoms with Crippen molar-refractivity contribution in [3.8, 4) is 17.1 Å². The van der Waals surface area contributed by atoms with Gasteiger partial charge in [-0.15, -0.1) is 0 Å². The number of nitrogens with one attached hydrogen (secondary N) is 2. The van der Waals surface area contributed by atoms with Crippen molar-refractivity contribution in [1.82, 2.24) is 30.1 Å². The molecule has 4 aliphatic heterocycles. The van der Waals surface area contributed by atoms with Crippen molar-refractivity contribution in [2.75, 3.05) is 62.7 Å². The summed E-state index contributed by atoms with van der Waals surface area (Å²) in [4.78, 5) is 43.9. The van der Waals surface area contributed by atoms with Crippen LogP contribution in [0.15, 0.2) is 48.8 Å². The summed E-state index contributed by atoms with van der Waals surface area (Å²) in [5.74, 6) is 1.16. The number of aryl methyl sites for hydroxylation is 1. The van der Waals surface area contributed by atoms with E-state index < -0.39 is 18.3 Å². The van der Waals surface area contributed by atoms with E-state index in [4.69, 9.17) is 9.47 Å². The van der Waals surface area contributed by atoms with Gasteiger partial charge in [0.25, 0.3) is 0 Å². The highest BCUT2D eigenvalue weighted by molar-refractivity contribution is 5.90. The molecule has 4 aliphatic rings. The van der Waals surface area contributed by atoms with E-state index in [1.54, 1.807) is 6.07 Å². The van der Waals surface area contributed by atoms with Gasteiger partial charge < -0.3 is 29.9 Å². The fourth-order valence-electron chi connectivity index (χ4n) is 6.48. The van der Waals surface area contributed by atoms with E-state index in [-0.39, 0.29) is 18.4 Å². The molecule has 5 heterocycles. The Morgan fingerprint density at radius 3 is 2.52 bits per heavy atom. The van der Waals surface area contributed by atoms with Gasteiger partial charge in [-0.2, -0.15) is 4.98 Å². The van der Waals surface area contributed by atoms with Crippen molar-refractivity contribution in [1.29, 1.82) is 0 Å². The zero-order valence-electron chi connectivity index (χ0n) is 25.9. The molecule has 3 atom stereocenters. The average Bonchev–Trinajstić information content (AvgIpc) is 3.49. The summed E-state index contributed by atoms with van der Waals surface area (Å²) in [7, 11) is 0. The van der Waals surface area contributed by atoms with E-state index in [1.807, 2.05) is 31.2 Å². The predicted octanol–water partition coefficient (Wildman–Crippen LogP) is 2.71. The van der Waals surface area contributed by atoms with Crippen LogP contribution in [0.5, 0.6) is 5.75 Å². The minimum atomic E-state index is -1.34. The summed E-state index contributed by atoms with van der Waals surface area (Å²) in [6.07, 6.45) is 0.626. The molecule has 4 fully saturated rings. The summed E-state index contributed by atoms with van der Waals surface area (Å²) in [5, 5.41) is 5.95. The smallest absolute Gasteiger partial charge is 0.245 e. The van der Waals surface area contributed by atoms with Gasteiger partial charge >= 0.3 is 0 Å². The van der Waals surface area contributed by atoms with Gasteiger partial charge in [0.1, 0.15) is 24.2 Å². The second-order valence-electron chi connectivity index (χ2n) is 12.4. The molecule has 4 saturated heterocycles. The summed E-state index contributed by atoms with van der Waals surface area (Å²) >= 11 is 0. The summed E-state index contributed by atoms with van der Waals surface area (Å²) in [6.45, 7) is 8.04. The van der Waals surface area contributed by atoms with Gasteiger partial charge in [0.15, 0.2) is 12.0 Å². The van der Waals surface area contributed by atoms with E-state index in [0.717, 1.165) is 56.2 Å². The Bertz CT molecular complexity index is 1560. The summed E-state index contributed by atoms with van der Waals surface area (Å²) < 4.78 is 26.6. The highest BCUT2D eigenvalue weighted by Gasteiger charge is 2.37. The molecule has 2 amide bonds. The molecule has 1 aromatic heterocycles. The number of carbonyl (C=O) groups excluding carboxylic acids is 2. The van der Waals surface area contributed by atoms with Gasteiger partial charge in [-0.05, 0) is 61.4 Å². The lowest BCUT2D eigenvalue weighted by Crippen LogP contribution is -2.56. The SMILES string of the molecule is Cc1cc(-c2ncnc(Nc3ccc(N4CCN(C5COC5)CC4)cc3)n2)ccc1OC1CCN(C(=O)[C@@H]2CCC(=O)N2)C[C@H]1F. The first kappa shape index (κ1) is 30.3. The lowest BCUT2D eigenvalue weighted by molar-refractivity contribution is -0.138. The number of nitrogens with zero attached hydrogens (tertiary/aromatic N) is 6. The molecule has 1 unspecified atom stereocenters. The Balaban J connectivity index is 0.935. The molecular weight excluding hydrogens is 591 g/mol. The lowest BCUT2D eigenvalue weighted by atomic mass is 10.0. The van der Waals surface area contributed by atoms with E-state index in [1.165, 1.54) is 16.9 Å². The first-order valence-corrected chi connectivity index (χ1v) is 16.0. The highest BCUT2D eigenvalue weighted by atomic mass is 19.1. The standard InChI is InChI=1S/C33H39FN8O4/c1-21-16-22(2-8-28(21)46-29-10-11-42(17-26(29)34)32(44)27-7-9-30(43)38-27)31-35-20-36-33(39-31)37-23-3-5-24(6-4-23)40-12-14-41(15-13-40)25-18-45-19-25/h2-6,8,16,20,25-27,29H,7,9-15,17-19H2,1H3,(H,38,43)(H,35,36,37,39)/t26-,27+,29?/m1/s1. The minimum absolute atomic E-state index is 0.0517. The number of aromatic nitrogens is 3. The fourth-order valence-corrected chi connectivity index (χ4v) is 6.48. The maximum absolute atomic E-state index is 15.1. The molecule has 13 heteroatoms. The van der Waals surface area contributed by atoms with Crippen molar-refractivity contribution >= 4 is 29.1 Å². The molecule has 242 valence electrons. The molecule has 2 N–H and O–H groups in total. The third kappa shape index (κ3) is 6.61. The van der Waals surface area contributed by atoms with Crippen LogP contribution in [0.3, 0.4) is 0 Å². The number of ether oxygens (including phenoxy) is 2. The number of halogens is 1. The maximum Gasteiger partial charge on any atom is 0.245 e. The van der Waals surface area contributed by atoms with Gasteiger partial charge in [-0.3, -0.25) is 14.5 Å². The van der Waals surface area contributed by atoms with Crippen molar-refractivity contribution in [3.05, 3.63) is 54.4 Å². The van der Waals surface area contributed by atoms with Crippen LogP contribution >= 0.6 is 0 Å². The molecule has 0 saturated carbocycles. The van der Waals surface area contributed by atoms with E-state index in [2.05, 4.69) is 47.5 Å². The third-order valence-electron chi connectivity index (χ3n) is 9.31. The zero-order chi connectivity index (χ0) is 31.6. The normalized spacial score (nSPS) is 24.0. The molecule has 3 aromatic rings. The number of hydrogen-bond acceptors (Lipinski definition) is 10. The fraction of sp³-hybridized carbons (Fsp3) is 0.485. The van der Waals surface area contributed by atoms with Gasteiger partial charge in [-0.25, -0.2) is 14.4 Å². The van der Waals surface area contributed by atoms with Gasteiger partial charge in [0.2, 0.25) is 17.8 Å². The Hall–Kier alpha value is -4.36. The molecule has 0 aliphatic carbocycles. The van der Waals surface area contributed by atoms with Crippen LogP contribution in [0.2, 0.25) is 0 Å². The van der Waals surface area contributed by atoms with Crippen molar-refractivity contribution in [2.45, 2.75) is 50.5 Å². The zero-order valence-corrected chi connectivity index (χ0v) is 25.9. The number of rotatable bonds is 8. The Morgan fingerprint density at radius 1 is 1.04 bits per heavy atom. The quantitative estimate of drug-likeness (QED) is 0.384. The Labute approximate surface area is 267 Å². The van der Waals surface area contributed by atoms with Crippen LogP contribution in [-0.4, -0.2) is 113 Å². The molecule has 7 rings (SSSR count). The number of alkyl halides is 1. The Kier molecular flexibility index (Phi) is 8.67. The first-order chi connectivity index (χ1) is 22.4. The first-order valence-electron chi connectivity index (χ1n) is 16.0. The number of piperidine rings is 1. The Morgan fingerprint density at radius 2 is 1.85 bits per heavy atom. The molecule has 0 bridgehead atoms. The third-order valence-corrected chi connectivity index (χ3v) is 9.31. The number of hydrogen-bond donors (Lipinski definition) is 2. The largest absolute Gasteiger partial charge is 0.487 e. The predicted molar refractivity (Wildman–Crippen MR) is 170 cm³/mol. The molecule has 46 heavy (non-hydrogen) atoms. The topological polar surface area (TPSA) is 125 Å². The lowest BCUT2D eigenvalue weighted by Gasteiger charge is -2.43. The minimum Gasteiger partial charge on any atom is -0.487 e. The maximum atomic E-state index is 15.1. The van der Waals surface area contributed by atoms with Crippen molar-refractivity contribution in [3.63, 3.8) is 0 Å². The van der Waals surface area contributed by atoms with Gasteiger partial charge in [0.05, 0.1) is 25.8 Å². The van der Waals surface area contributed by atoms with Crippen LogP contribution in [0.1, 0.15) is 24.8 Å². The number of benzene rings is 2. The number of carbonyl (C=O) groups is 2. The number of likely N-dealkylation sites (tertiary alicyclic amines) is 1. The highest BCUT2D eigenvalue weighted by Crippen LogP contribution is 2.29. The molecule has 12 nitrogen and oxygen atoms in total. The summed E-state index contributed by atoms with van der Waals surface area (Å²) in [6, 6.07) is 13.9. The van der Waals surface area contributed by atoms with Crippen LogP contribution in [-0.2, 0) is 14.3 Å². The van der Waals surface area contributed by atoms with Crippen LogP contribution in [0.25, 0.3) is 11.4 Å². The van der Waals surface area contributed by atoms with Crippen LogP contribution in [0, 0.1) is 6.92 Å². The molecular formula is C33H39FN8O4. The van der Waals surface area contributed by atoms with E-state index in [9.17, 15) is 9.59 Å². The molecule has 2 aromatic carbocycles. The summed E-state index contributed by atoms with van der Waals surface area (Å²) in [5.41, 5.74) is 3.69. The molecule has 0 spiro atoms. The second kappa shape index (κ2) is 13.2. The second-order valence-corrected chi connectivity index (χ2v) is 12.4. The number of amides is 2. The average molecular weight is 631 g/mol. The van der Waals surface area contributed by atoms with Gasteiger partial charge in [0, 0.05) is 62.5 Å².